The van der Waals surface area contributed by atoms with E-state index in [0.29, 0.717) is 19.1 Å². The van der Waals surface area contributed by atoms with Gasteiger partial charge in [-0.3, -0.25) is 0 Å². The van der Waals surface area contributed by atoms with E-state index in [1.165, 1.54) is 0 Å². The molecule has 0 heterocycles. The van der Waals surface area contributed by atoms with Crippen LogP contribution in [0.25, 0.3) is 0 Å². The van der Waals surface area contributed by atoms with Crippen LogP contribution in [-0.2, 0) is 4.74 Å². The molecule has 0 rings (SSSR count). The molecule has 0 saturated heterocycles. The zero-order valence-corrected chi connectivity index (χ0v) is 8.68. The lowest BCUT2D eigenvalue weighted by atomic mass is 10.2. The van der Waals surface area contributed by atoms with Crippen LogP contribution in [0.1, 0.15) is 13.8 Å². The minimum absolute atomic E-state index is 0.236. The molecule has 1 atom stereocenters. The summed E-state index contributed by atoms with van der Waals surface area (Å²) in [7, 11) is 0. The van der Waals surface area contributed by atoms with Gasteiger partial charge in [-0.25, -0.2) is 0 Å². The van der Waals surface area contributed by atoms with Gasteiger partial charge in [0, 0.05) is 13.2 Å². The van der Waals surface area contributed by atoms with Crippen LogP contribution in [0.5, 0.6) is 0 Å². The van der Waals surface area contributed by atoms with E-state index in [-0.39, 0.29) is 6.61 Å². The second-order valence-electron chi connectivity index (χ2n) is 3.50. The highest BCUT2D eigenvalue weighted by atomic mass is 16.5. The summed E-state index contributed by atoms with van der Waals surface area (Å²) in [5.41, 5.74) is 1.05. The lowest BCUT2D eigenvalue weighted by Crippen LogP contribution is -2.26. The lowest BCUT2D eigenvalue weighted by Gasteiger charge is -2.09. The number of hydrogen-bond donors (Lipinski definition) is 2. The SMILES string of the molecule is C=C(C)COCCNCC(C)CO. The Morgan fingerprint density at radius 3 is 2.85 bits per heavy atom. The summed E-state index contributed by atoms with van der Waals surface area (Å²) in [5.74, 6) is 0.321. The van der Waals surface area contributed by atoms with Crippen molar-refractivity contribution in [1.82, 2.24) is 5.32 Å². The lowest BCUT2D eigenvalue weighted by molar-refractivity contribution is 0.155. The maximum atomic E-state index is 8.73. The molecule has 0 spiro atoms. The van der Waals surface area contributed by atoms with E-state index in [1.54, 1.807) is 0 Å². The fourth-order valence-corrected chi connectivity index (χ4v) is 0.804. The largest absolute Gasteiger partial charge is 0.396 e. The van der Waals surface area contributed by atoms with Gasteiger partial charge >= 0.3 is 0 Å². The summed E-state index contributed by atoms with van der Waals surface area (Å²) in [4.78, 5) is 0. The van der Waals surface area contributed by atoms with E-state index in [4.69, 9.17) is 9.84 Å². The molecule has 0 radical (unpaired) electrons. The molecule has 3 heteroatoms. The smallest absolute Gasteiger partial charge is 0.0672 e. The molecule has 0 aliphatic heterocycles. The van der Waals surface area contributed by atoms with Crippen molar-refractivity contribution in [2.75, 3.05) is 32.9 Å². The molecular weight excluding hydrogens is 166 g/mol. The van der Waals surface area contributed by atoms with Crippen molar-refractivity contribution < 1.29 is 9.84 Å². The Bertz CT molecular complexity index is 137. The molecule has 2 N–H and O–H groups in total. The molecule has 0 amide bonds. The Hall–Kier alpha value is -0.380. The first kappa shape index (κ1) is 12.6. The molecule has 0 aromatic rings. The molecule has 3 nitrogen and oxygen atoms in total. The van der Waals surface area contributed by atoms with E-state index < -0.39 is 0 Å². The molecule has 0 aliphatic rings. The van der Waals surface area contributed by atoms with Crippen molar-refractivity contribution in [3.8, 4) is 0 Å². The van der Waals surface area contributed by atoms with Gasteiger partial charge < -0.3 is 15.2 Å². The van der Waals surface area contributed by atoms with Crippen molar-refractivity contribution in [3.05, 3.63) is 12.2 Å². The van der Waals surface area contributed by atoms with Crippen LogP contribution >= 0.6 is 0 Å². The van der Waals surface area contributed by atoms with Crippen molar-refractivity contribution in [3.63, 3.8) is 0 Å². The van der Waals surface area contributed by atoms with Gasteiger partial charge in [-0.05, 0) is 19.4 Å². The Balaban J connectivity index is 3.04. The van der Waals surface area contributed by atoms with Crippen LogP contribution in [0.3, 0.4) is 0 Å². The minimum Gasteiger partial charge on any atom is -0.396 e. The number of hydrogen-bond acceptors (Lipinski definition) is 3. The van der Waals surface area contributed by atoms with Gasteiger partial charge in [0.1, 0.15) is 0 Å². The van der Waals surface area contributed by atoms with Gasteiger partial charge in [-0.15, -0.1) is 0 Å². The van der Waals surface area contributed by atoms with Crippen molar-refractivity contribution >= 4 is 0 Å². The molecule has 13 heavy (non-hydrogen) atoms. The molecular formula is C10H21NO2. The third kappa shape index (κ3) is 9.53. The number of aliphatic hydroxyl groups is 1. The van der Waals surface area contributed by atoms with Gasteiger partial charge in [0.15, 0.2) is 0 Å². The maximum Gasteiger partial charge on any atom is 0.0672 e. The Kier molecular flexibility index (Phi) is 7.99. The highest BCUT2D eigenvalue weighted by Gasteiger charge is 1.97. The quantitative estimate of drug-likeness (QED) is 0.436. The third-order valence-electron chi connectivity index (χ3n) is 1.58. The molecule has 0 aliphatic carbocycles. The predicted molar refractivity (Wildman–Crippen MR) is 54.8 cm³/mol. The first-order chi connectivity index (χ1) is 6.16. The number of aliphatic hydroxyl groups excluding tert-OH is 1. The summed E-state index contributed by atoms with van der Waals surface area (Å²) >= 11 is 0. The number of ether oxygens (including phenoxy) is 1. The van der Waals surface area contributed by atoms with Crippen LogP contribution < -0.4 is 5.32 Å². The summed E-state index contributed by atoms with van der Waals surface area (Å²) < 4.78 is 5.29. The number of rotatable bonds is 8. The summed E-state index contributed by atoms with van der Waals surface area (Å²) in [6.07, 6.45) is 0. The van der Waals surface area contributed by atoms with Crippen LogP contribution in [0, 0.1) is 5.92 Å². The van der Waals surface area contributed by atoms with Gasteiger partial charge in [-0.1, -0.05) is 19.1 Å². The predicted octanol–water partition coefficient (Wildman–Crippen LogP) is 0.797. The molecule has 78 valence electrons. The molecule has 1 unspecified atom stereocenters. The van der Waals surface area contributed by atoms with E-state index in [9.17, 15) is 0 Å². The van der Waals surface area contributed by atoms with Gasteiger partial charge in [0.05, 0.1) is 13.2 Å². The first-order valence-electron chi connectivity index (χ1n) is 4.70. The summed E-state index contributed by atoms with van der Waals surface area (Å²) in [6.45, 7) is 10.9. The first-order valence-corrected chi connectivity index (χ1v) is 4.70. The molecule has 0 bridgehead atoms. The van der Waals surface area contributed by atoms with Gasteiger partial charge in [-0.2, -0.15) is 0 Å². The van der Waals surface area contributed by atoms with Crippen molar-refractivity contribution in [1.29, 1.82) is 0 Å². The van der Waals surface area contributed by atoms with E-state index in [0.717, 1.165) is 18.7 Å². The summed E-state index contributed by atoms with van der Waals surface area (Å²) in [6, 6.07) is 0. The molecule has 0 aromatic carbocycles. The van der Waals surface area contributed by atoms with Crippen LogP contribution in [0.15, 0.2) is 12.2 Å². The normalized spacial score (nSPS) is 12.8. The van der Waals surface area contributed by atoms with Crippen molar-refractivity contribution in [2.24, 2.45) is 5.92 Å². The summed E-state index contributed by atoms with van der Waals surface area (Å²) in [5, 5.41) is 11.9. The van der Waals surface area contributed by atoms with E-state index >= 15 is 0 Å². The molecule has 0 saturated carbocycles. The second-order valence-corrected chi connectivity index (χ2v) is 3.50. The standard InChI is InChI=1S/C10H21NO2/c1-9(2)8-13-5-4-11-6-10(3)7-12/h10-12H,1,4-8H2,2-3H3. The second kappa shape index (κ2) is 8.23. The zero-order valence-electron chi connectivity index (χ0n) is 8.68. The van der Waals surface area contributed by atoms with Crippen LogP contribution in [0.4, 0.5) is 0 Å². The Morgan fingerprint density at radius 1 is 1.62 bits per heavy atom. The van der Waals surface area contributed by atoms with Crippen LogP contribution in [-0.4, -0.2) is 38.0 Å². The fourth-order valence-electron chi connectivity index (χ4n) is 0.804. The average Bonchev–Trinajstić information content (AvgIpc) is 2.10. The molecule has 0 aromatic heterocycles. The Morgan fingerprint density at radius 2 is 2.31 bits per heavy atom. The molecule has 0 fully saturated rings. The minimum atomic E-state index is 0.236. The average molecular weight is 187 g/mol. The fraction of sp³-hybridized carbons (Fsp3) is 0.800. The van der Waals surface area contributed by atoms with Gasteiger partial charge in [0.25, 0.3) is 0 Å². The number of nitrogens with one attached hydrogen (secondary N) is 1. The third-order valence-corrected chi connectivity index (χ3v) is 1.58. The zero-order chi connectivity index (χ0) is 10.1. The van der Waals surface area contributed by atoms with Crippen molar-refractivity contribution in [2.45, 2.75) is 13.8 Å². The monoisotopic (exact) mass is 187 g/mol. The highest BCUT2D eigenvalue weighted by molar-refractivity contribution is 4.87. The topological polar surface area (TPSA) is 41.5 Å². The Labute approximate surface area is 80.8 Å². The van der Waals surface area contributed by atoms with E-state index in [2.05, 4.69) is 11.9 Å². The van der Waals surface area contributed by atoms with Crippen LogP contribution in [0.2, 0.25) is 0 Å². The van der Waals surface area contributed by atoms with E-state index in [1.807, 2.05) is 13.8 Å². The maximum absolute atomic E-state index is 8.73. The van der Waals surface area contributed by atoms with Gasteiger partial charge in [0.2, 0.25) is 0 Å². The highest BCUT2D eigenvalue weighted by Crippen LogP contribution is 1.89.